The second-order valence-electron chi connectivity index (χ2n) is 3.84. The highest BCUT2D eigenvalue weighted by Crippen LogP contribution is 2.12. The lowest BCUT2D eigenvalue weighted by atomic mass is 10.3. The molecule has 19 heavy (non-hydrogen) atoms. The molecule has 0 aliphatic carbocycles. The molecule has 0 saturated heterocycles. The fourth-order valence-corrected chi connectivity index (χ4v) is 1.96. The maximum Gasteiger partial charge on any atom is 0.446 e. The van der Waals surface area contributed by atoms with Crippen LogP contribution in [0.4, 0.5) is 4.79 Å². The van der Waals surface area contributed by atoms with Crippen LogP contribution in [0.5, 0.6) is 5.75 Å². The highest BCUT2D eigenvalue weighted by Gasteiger charge is 2.27. The van der Waals surface area contributed by atoms with E-state index < -0.39 is 22.3 Å². The van der Waals surface area contributed by atoms with Crippen LogP contribution in [0.15, 0.2) is 28.2 Å². The fourth-order valence-electron chi connectivity index (χ4n) is 1.61. The van der Waals surface area contributed by atoms with Gasteiger partial charge in [-0.05, 0) is 12.1 Å². The Morgan fingerprint density at radius 3 is 2.58 bits per heavy atom. The third-order valence-electron chi connectivity index (χ3n) is 2.17. The monoisotopic (exact) mass is 287 g/mol. The topological polar surface area (TPSA) is 138 Å². The molecule has 0 bridgehead atoms. The van der Waals surface area contributed by atoms with Crippen LogP contribution in [0.1, 0.15) is 6.92 Å². The molecule has 10 heteroatoms. The Kier molecular flexibility index (Phi) is 2.91. The zero-order chi connectivity index (χ0) is 14.3. The average molecular weight is 287 g/mol. The van der Waals surface area contributed by atoms with E-state index in [9.17, 15) is 13.2 Å². The number of carboxylic acid groups (broad SMARTS) is 1. The standard InChI is InChI=1S/C9H9N3O6S/c1-9(12-8(13)14)10-6-3-2-5(4-7(6)11-9)18-19(15,16)17/h2-4,12H,1H3,(H,13,14)(H,15,16,17). The second-order valence-corrected chi connectivity index (χ2v) is 4.86. The van der Waals surface area contributed by atoms with E-state index in [0.29, 0.717) is 5.36 Å². The van der Waals surface area contributed by atoms with Gasteiger partial charge in [-0.1, -0.05) is 0 Å². The number of amides is 1. The van der Waals surface area contributed by atoms with Gasteiger partial charge in [-0.2, -0.15) is 8.42 Å². The third-order valence-corrected chi connectivity index (χ3v) is 2.57. The molecule has 0 spiro atoms. The molecule has 1 aromatic carbocycles. The van der Waals surface area contributed by atoms with Gasteiger partial charge in [0.05, 0.1) is 10.7 Å². The number of nitrogens with one attached hydrogen (secondary N) is 1. The summed E-state index contributed by atoms with van der Waals surface area (Å²) in [5, 5.41) is 11.4. The third kappa shape index (κ3) is 3.17. The summed E-state index contributed by atoms with van der Waals surface area (Å²) in [5.41, 5.74) is 0. The smallest absolute Gasteiger partial charge is 0.446 e. The molecule has 1 heterocycles. The minimum absolute atomic E-state index is 0.153. The predicted octanol–water partition coefficient (Wildman–Crippen LogP) is -0.938. The minimum Gasteiger partial charge on any atom is -0.465 e. The van der Waals surface area contributed by atoms with Crippen molar-refractivity contribution in [1.82, 2.24) is 5.32 Å². The van der Waals surface area contributed by atoms with Gasteiger partial charge in [-0.25, -0.2) is 14.8 Å². The lowest BCUT2D eigenvalue weighted by Gasteiger charge is -2.16. The highest BCUT2D eigenvalue weighted by atomic mass is 32.3. The first-order valence-corrected chi connectivity index (χ1v) is 6.31. The Morgan fingerprint density at radius 1 is 1.37 bits per heavy atom. The lowest BCUT2D eigenvalue weighted by Crippen LogP contribution is -2.41. The maximum atomic E-state index is 10.6. The zero-order valence-corrected chi connectivity index (χ0v) is 10.4. The average Bonchev–Trinajstić information content (AvgIpc) is 2.48. The minimum atomic E-state index is -4.62. The molecule has 0 saturated carbocycles. The van der Waals surface area contributed by atoms with Crippen molar-refractivity contribution in [2.45, 2.75) is 12.7 Å². The number of benzene rings is 1. The number of hydrogen-bond donors (Lipinski definition) is 3. The number of rotatable bonds is 3. The molecular formula is C9H9N3O6S. The van der Waals surface area contributed by atoms with Crippen molar-refractivity contribution in [3.05, 3.63) is 28.9 Å². The van der Waals surface area contributed by atoms with Crippen molar-refractivity contribution >= 4 is 16.5 Å². The quantitative estimate of drug-likeness (QED) is 0.613. The predicted molar refractivity (Wildman–Crippen MR) is 60.5 cm³/mol. The van der Waals surface area contributed by atoms with E-state index in [4.69, 9.17) is 9.66 Å². The van der Waals surface area contributed by atoms with Crippen LogP contribution in [0.2, 0.25) is 0 Å². The van der Waals surface area contributed by atoms with Crippen LogP contribution >= 0.6 is 0 Å². The normalized spacial score (nSPS) is 20.9. The van der Waals surface area contributed by atoms with E-state index in [-0.39, 0.29) is 11.1 Å². The summed E-state index contributed by atoms with van der Waals surface area (Å²) >= 11 is 0. The highest BCUT2D eigenvalue weighted by molar-refractivity contribution is 7.81. The molecular weight excluding hydrogens is 278 g/mol. The van der Waals surface area contributed by atoms with Gasteiger partial charge < -0.3 is 9.29 Å². The Bertz CT molecular complexity index is 759. The van der Waals surface area contributed by atoms with Crippen LogP contribution in [0.25, 0.3) is 0 Å². The summed E-state index contributed by atoms with van der Waals surface area (Å²) in [6.07, 6.45) is -1.29. The summed E-state index contributed by atoms with van der Waals surface area (Å²) in [6, 6.07) is 3.88. The van der Waals surface area contributed by atoms with Crippen molar-refractivity contribution in [1.29, 1.82) is 0 Å². The molecule has 1 aliphatic heterocycles. The molecule has 1 aliphatic rings. The van der Waals surface area contributed by atoms with Crippen molar-refractivity contribution in [2.24, 2.45) is 9.98 Å². The van der Waals surface area contributed by atoms with Crippen LogP contribution in [0, 0.1) is 0 Å². The van der Waals surface area contributed by atoms with Gasteiger partial charge in [0.15, 0.2) is 0 Å². The molecule has 1 atom stereocenters. The van der Waals surface area contributed by atoms with Gasteiger partial charge >= 0.3 is 16.5 Å². The van der Waals surface area contributed by atoms with E-state index in [1.807, 2.05) is 0 Å². The summed E-state index contributed by atoms with van der Waals surface area (Å²) in [4.78, 5) is 18.6. The van der Waals surface area contributed by atoms with Crippen molar-refractivity contribution in [3.63, 3.8) is 0 Å². The SMILES string of the molecule is CC1(NC(=O)O)N=c2ccc(OS(=O)(=O)O)cc2=N1. The summed E-state index contributed by atoms with van der Waals surface area (Å²) in [7, 11) is -4.62. The summed E-state index contributed by atoms with van der Waals surface area (Å²) in [6.45, 7) is 1.43. The van der Waals surface area contributed by atoms with E-state index in [1.165, 1.54) is 25.1 Å². The Balaban J connectivity index is 2.42. The molecule has 1 amide bonds. The number of nitrogens with zero attached hydrogens (tertiary/aromatic N) is 2. The van der Waals surface area contributed by atoms with Crippen molar-refractivity contribution < 1.29 is 27.1 Å². The summed E-state index contributed by atoms with van der Waals surface area (Å²) in [5.74, 6) is -1.52. The molecule has 1 aromatic rings. The van der Waals surface area contributed by atoms with Gasteiger partial charge in [0.1, 0.15) is 5.75 Å². The first kappa shape index (κ1) is 13.2. The Hall–Kier alpha value is -2.20. The van der Waals surface area contributed by atoms with Crippen LogP contribution in [-0.2, 0) is 10.4 Å². The first-order chi connectivity index (χ1) is 8.67. The van der Waals surface area contributed by atoms with Gasteiger partial charge in [-0.3, -0.25) is 9.87 Å². The van der Waals surface area contributed by atoms with E-state index in [1.54, 1.807) is 0 Å². The molecule has 0 radical (unpaired) electrons. The van der Waals surface area contributed by atoms with Crippen LogP contribution in [0.3, 0.4) is 0 Å². The fraction of sp³-hybridized carbons (Fsp3) is 0.222. The van der Waals surface area contributed by atoms with E-state index >= 15 is 0 Å². The number of carbonyl (C=O) groups is 1. The van der Waals surface area contributed by atoms with Gasteiger partial charge in [0.25, 0.3) is 0 Å². The molecule has 0 fully saturated rings. The zero-order valence-electron chi connectivity index (χ0n) is 9.56. The van der Waals surface area contributed by atoms with Gasteiger partial charge in [-0.15, -0.1) is 0 Å². The summed E-state index contributed by atoms with van der Waals surface area (Å²) < 4.78 is 33.9. The molecule has 0 aromatic heterocycles. The van der Waals surface area contributed by atoms with Crippen molar-refractivity contribution in [2.75, 3.05) is 0 Å². The Labute approximate surface area is 107 Å². The largest absolute Gasteiger partial charge is 0.465 e. The van der Waals surface area contributed by atoms with E-state index in [2.05, 4.69) is 19.5 Å². The molecule has 1 unspecified atom stereocenters. The lowest BCUT2D eigenvalue weighted by molar-refractivity contribution is 0.182. The molecule has 3 N–H and O–H groups in total. The second kappa shape index (κ2) is 4.17. The van der Waals surface area contributed by atoms with Crippen LogP contribution in [-0.4, -0.2) is 30.0 Å². The first-order valence-electron chi connectivity index (χ1n) is 4.95. The van der Waals surface area contributed by atoms with E-state index in [0.717, 1.165) is 0 Å². The maximum absolute atomic E-state index is 10.6. The Morgan fingerprint density at radius 2 is 2.00 bits per heavy atom. The van der Waals surface area contributed by atoms with Crippen LogP contribution < -0.4 is 20.2 Å². The van der Waals surface area contributed by atoms with Crippen molar-refractivity contribution in [3.8, 4) is 5.75 Å². The molecule has 2 rings (SSSR count). The molecule has 9 nitrogen and oxygen atoms in total. The number of hydrogen-bond acceptors (Lipinski definition) is 6. The van der Waals surface area contributed by atoms with Gasteiger partial charge in [0, 0.05) is 13.0 Å². The van der Waals surface area contributed by atoms with Gasteiger partial charge in [0.2, 0.25) is 5.79 Å². The number of fused-ring (bicyclic) bond motifs is 1. The molecule has 102 valence electrons.